The molecule has 1 heterocycles. The zero-order valence-electron chi connectivity index (χ0n) is 14.5. The number of amides is 1. The van der Waals surface area contributed by atoms with Crippen LogP contribution in [0.1, 0.15) is 32.3 Å². The van der Waals surface area contributed by atoms with E-state index in [1.807, 2.05) is 30.9 Å². The molecule has 1 saturated heterocycles. The predicted octanol–water partition coefficient (Wildman–Crippen LogP) is 2.99. The van der Waals surface area contributed by atoms with E-state index in [0.717, 1.165) is 36.0 Å². The van der Waals surface area contributed by atoms with Crippen molar-refractivity contribution in [1.82, 2.24) is 4.90 Å². The molecule has 134 valence electrons. The standard InChI is InChI=1S/C18H27BrN2O3/c1-3-23-16-9-14(15(19)11-17(16)24-4-2)10-18(22)21-7-5-13(12-20)6-8-21/h9,11,13H,3-8,10,12,20H2,1-2H3. The largest absolute Gasteiger partial charge is 0.490 e. The van der Waals surface area contributed by atoms with Crippen molar-refractivity contribution in [2.24, 2.45) is 11.7 Å². The van der Waals surface area contributed by atoms with Crippen molar-refractivity contribution >= 4 is 21.8 Å². The highest BCUT2D eigenvalue weighted by atomic mass is 79.9. The molecule has 5 nitrogen and oxygen atoms in total. The van der Waals surface area contributed by atoms with Crippen molar-refractivity contribution in [2.45, 2.75) is 33.1 Å². The minimum Gasteiger partial charge on any atom is -0.490 e. The number of ether oxygens (including phenoxy) is 2. The molecule has 0 radical (unpaired) electrons. The van der Waals surface area contributed by atoms with Crippen LogP contribution in [0.5, 0.6) is 11.5 Å². The number of carbonyl (C=O) groups excluding carboxylic acids is 1. The van der Waals surface area contributed by atoms with Crippen LogP contribution in [-0.4, -0.2) is 43.7 Å². The average Bonchev–Trinajstić information content (AvgIpc) is 2.59. The minimum absolute atomic E-state index is 0.151. The fraction of sp³-hybridized carbons (Fsp3) is 0.611. The Morgan fingerprint density at radius 3 is 2.33 bits per heavy atom. The van der Waals surface area contributed by atoms with E-state index in [1.165, 1.54) is 0 Å². The van der Waals surface area contributed by atoms with E-state index >= 15 is 0 Å². The first-order chi connectivity index (χ1) is 11.6. The monoisotopic (exact) mass is 398 g/mol. The minimum atomic E-state index is 0.151. The molecule has 1 aromatic carbocycles. The molecule has 6 heteroatoms. The highest BCUT2D eigenvalue weighted by Crippen LogP contribution is 2.34. The summed E-state index contributed by atoms with van der Waals surface area (Å²) in [5, 5.41) is 0. The summed E-state index contributed by atoms with van der Waals surface area (Å²) in [7, 11) is 0. The molecule has 2 N–H and O–H groups in total. The summed E-state index contributed by atoms with van der Waals surface area (Å²) < 4.78 is 12.1. The molecule has 24 heavy (non-hydrogen) atoms. The fourth-order valence-electron chi connectivity index (χ4n) is 2.94. The van der Waals surface area contributed by atoms with Gasteiger partial charge in [-0.05, 0) is 56.8 Å². The lowest BCUT2D eigenvalue weighted by Crippen LogP contribution is -2.40. The number of nitrogens with two attached hydrogens (primary N) is 1. The lowest BCUT2D eigenvalue weighted by atomic mass is 9.96. The molecule has 1 aromatic rings. The predicted molar refractivity (Wildman–Crippen MR) is 98.5 cm³/mol. The van der Waals surface area contributed by atoms with Gasteiger partial charge in [-0.15, -0.1) is 0 Å². The van der Waals surface area contributed by atoms with Crippen LogP contribution in [0.25, 0.3) is 0 Å². The van der Waals surface area contributed by atoms with Crippen molar-refractivity contribution in [3.05, 3.63) is 22.2 Å². The zero-order chi connectivity index (χ0) is 17.5. The summed E-state index contributed by atoms with van der Waals surface area (Å²) >= 11 is 3.55. The molecule has 0 spiro atoms. The molecule has 0 unspecified atom stereocenters. The Morgan fingerprint density at radius 1 is 1.21 bits per heavy atom. The Morgan fingerprint density at radius 2 is 1.79 bits per heavy atom. The topological polar surface area (TPSA) is 64.8 Å². The lowest BCUT2D eigenvalue weighted by Gasteiger charge is -2.31. The number of nitrogens with zero attached hydrogens (tertiary/aromatic N) is 1. The third kappa shape index (κ3) is 4.86. The molecule has 2 rings (SSSR count). The lowest BCUT2D eigenvalue weighted by molar-refractivity contribution is -0.131. The number of hydrogen-bond acceptors (Lipinski definition) is 4. The summed E-state index contributed by atoms with van der Waals surface area (Å²) in [6, 6.07) is 3.79. The van der Waals surface area contributed by atoms with Gasteiger partial charge in [-0.3, -0.25) is 4.79 Å². The van der Waals surface area contributed by atoms with Gasteiger partial charge in [0.25, 0.3) is 0 Å². The van der Waals surface area contributed by atoms with Gasteiger partial charge in [0.15, 0.2) is 11.5 Å². The molecule has 0 aliphatic carbocycles. The second kappa shape index (κ2) is 9.28. The summed E-state index contributed by atoms with van der Waals surface area (Å²) in [4.78, 5) is 14.5. The van der Waals surface area contributed by atoms with Gasteiger partial charge in [0.1, 0.15) is 0 Å². The molecule has 0 bridgehead atoms. The number of likely N-dealkylation sites (tertiary alicyclic amines) is 1. The molecule has 1 aliphatic heterocycles. The molecule has 0 aromatic heterocycles. The first kappa shape index (κ1) is 19.1. The molecular formula is C18H27BrN2O3. The van der Waals surface area contributed by atoms with Crippen LogP contribution in [0.4, 0.5) is 0 Å². The van der Waals surface area contributed by atoms with Crippen LogP contribution in [0.15, 0.2) is 16.6 Å². The fourth-order valence-corrected chi connectivity index (χ4v) is 3.40. The van der Waals surface area contributed by atoms with E-state index < -0.39 is 0 Å². The van der Waals surface area contributed by atoms with E-state index in [0.29, 0.717) is 43.6 Å². The van der Waals surface area contributed by atoms with Gasteiger partial charge in [-0.2, -0.15) is 0 Å². The summed E-state index contributed by atoms with van der Waals surface area (Å²) in [6.45, 7) is 7.31. The number of rotatable bonds is 7. The highest BCUT2D eigenvalue weighted by molar-refractivity contribution is 9.10. The zero-order valence-corrected chi connectivity index (χ0v) is 16.1. The van der Waals surface area contributed by atoms with E-state index in [1.54, 1.807) is 0 Å². The van der Waals surface area contributed by atoms with Gasteiger partial charge >= 0.3 is 0 Å². The van der Waals surface area contributed by atoms with Gasteiger partial charge < -0.3 is 20.1 Å². The maximum absolute atomic E-state index is 12.6. The smallest absolute Gasteiger partial charge is 0.227 e. The molecule has 1 aliphatic rings. The maximum atomic E-state index is 12.6. The second-order valence-corrected chi connectivity index (χ2v) is 6.85. The molecular weight excluding hydrogens is 372 g/mol. The Kier molecular flexibility index (Phi) is 7.37. The SMILES string of the molecule is CCOc1cc(Br)c(CC(=O)N2CCC(CN)CC2)cc1OCC. The Balaban J connectivity index is 2.08. The first-order valence-corrected chi connectivity index (χ1v) is 9.44. The number of hydrogen-bond donors (Lipinski definition) is 1. The van der Waals surface area contributed by atoms with Gasteiger partial charge in [0.2, 0.25) is 5.91 Å². The number of halogens is 1. The number of carbonyl (C=O) groups is 1. The number of piperidine rings is 1. The van der Waals surface area contributed by atoms with E-state index in [4.69, 9.17) is 15.2 Å². The summed E-state index contributed by atoms with van der Waals surface area (Å²) in [5.74, 6) is 2.09. The summed E-state index contributed by atoms with van der Waals surface area (Å²) in [5.41, 5.74) is 6.64. The highest BCUT2D eigenvalue weighted by Gasteiger charge is 2.23. The van der Waals surface area contributed by atoms with E-state index in [-0.39, 0.29) is 5.91 Å². The quantitative estimate of drug-likeness (QED) is 0.766. The Labute approximate surface area is 152 Å². The van der Waals surface area contributed by atoms with Crippen molar-refractivity contribution in [3.63, 3.8) is 0 Å². The molecule has 1 fully saturated rings. The molecule has 1 amide bonds. The van der Waals surface area contributed by atoms with Crippen molar-refractivity contribution in [2.75, 3.05) is 32.8 Å². The van der Waals surface area contributed by atoms with Gasteiger partial charge in [0.05, 0.1) is 19.6 Å². The van der Waals surface area contributed by atoms with Crippen LogP contribution in [0.3, 0.4) is 0 Å². The molecule has 0 atom stereocenters. The van der Waals surface area contributed by atoms with Crippen molar-refractivity contribution < 1.29 is 14.3 Å². The van der Waals surface area contributed by atoms with Gasteiger partial charge in [0, 0.05) is 17.6 Å². The van der Waals surface area contributed by atoms with Crippen molar-refractivity contribution in [1.29, 1.82) is 0 Å². The Bertz CT molecular complexity index is 557. The van der Waals surface area contributed by atoms with Crippen LogP contribution in [-0.2, 0) is 11.2 Å². The molecule has 0 saturated carbocycles. The van der Waals surface area contributed by atoms with Gasteiger partial charge in [-0.1, -0.05) is 15.9 Å². The Hall–Kier alpha value is -1.27. The van der Waals surface area contributed by atoms with Crippen LogP contribution < -0.4 is 15.2 Å². The maximum Gasteiger partial charge on any atom is 0.227 e. The van der Waals surface area contributed by atoms with Crippen LogP contribution in [0.2, 0.25) is 0 Å². The van der Waals surface area contributed by atoms with E-state index in [2.05, 4.69) is 15.9 Å². The second-order valence-electron chi connectivity index (χ2n) is 5.99. The van der Waals surface area contributed by atoms with Crippen molar-refractivity contribution in [3.8, 4) is 11.5 Å². The average molecular weight is 399 g/mol. The third-order valence-electron chi connectivity index (χ3n) is 4.35. The third-order valence-corrected chi connectivity index (χ3v) is 5.09. The first-order valence-electron chi connectivity index (χ1n) is 8.64. The summed E-state index contributed by atoms with van der Waals surface area (Å²) in [6.07, 6.45) is 2.36. The van der Waals surface area contributed by atoms with E-state index in [9.17, 15) is 4.79 Å². The van der Waals surface area contributed by atoms with Crippen LogP contribution in [0, 0.1) is 5.92 Å². The normalized spacial score (nSPS) is 15.4. The van der Waals surface area contributed by atoms with Crippen LogP contribution >= 0.6 is 15.9 Å². The number of benzene rings is 1. The van der Waals surface area contributed by atoms with Gasteiger partial charge in [-0.25, -0.2) is 0 Å².